The number of hydrogen-bond donors (Lipinski definition) is 1. The maximum absolute atomic E-state index is 11.8. The van der Waals surface area contributed by atoms with Gasteiger partial charge in [-0.15, -0.1) is 0 Å². The first-order valence-corrected chi connectivity index (χ1v) is 6.75. The molecule has 0 bridgehead atoms. The van der Waals surface area contributed by atoms with Crippen molar-refractivity contribution >= 4 is 12.4 Å². The normalized spacial score (nSPS) is 14.2. The van der Waals surface area contributed by atoms with Crippen LogP contribution in [0.1, 0.15) is 39.7 Å². The summed E-state index contributed by atoms with van der Waals surface area (Å²) in [5.41, 5.74) is -0.363. The lowest BCUT2D eigenvalue weighted by Crippen LogP contribution is -2.49. The highest BCUT2D eigenvalue weighted by Crippen LogP contribution is 2.14. The van der Waals surface area contributed by atoms with Crippen LogP contribution in [0.3, 0.4) is 0 Å². The van der Waals surface area contributed by atoms with Gasteiger partial charge in [-0.3, -0.25) is 0 Å². The first-order chi connectivity index (χ1) is 9.24. The molecule has 110 valence electrons. The lowest BCUT2D eigenvalue weighted by molar-refractivity contribution is -0.113. The Bertz CT molecular complexity index is 451. The Hall–Kier alpha value is -1.84. The molecule has 1 unspecified atom stereocenters. The number of carbonyl (C=O) groups is 2. The van der Waals surface area contributed by atoms with Gasteiger partial charge >= 0.3 is 6.09 Å². The summed E-state index contributed by atoms with van der Waals surface area (Å²) in [4.78, 5) is 23.0. The molecule has 1 N–H and O–H groups in total. The van der Waals surface area contributed by atoms with Crippen LogP contribution in [0.15, 0.2) is 30.3 Å². The van der Waals surface area contributed by atoms with Gasteiger partial charge in [-0.05, 0) is 46.1 Å². The van der Waals surface area contributed by atoms with Crippen molar-refractivity contribution in [1.29, 1.82) is 0 Å². The van der Waals surface area contributed by atoms with Crippen molar-refractivity contribution in [2.24, 2.45) is 0 Å². The molecule has 1 amide bonds. The van der Waals surface area contributed by atoms with Crippen LogP contribution >= 0.6 is 0 Å². The zero-order chi connectivity index (χ0) is 15.2. The van der Waals surface area contributed by atoms with E-state index in [0.717, 1.165) is 11.8 Å². The van der Waals surface area contributed by atoms with Gasteiger partial charge in [-0.1, -0.05) is 30.3 Å². The molecule has 0 aliphatic rings. The van der Waals surface area contributed by atoms with Crippen LogP contribution in [0.25, 0.3) is 0 Å². The minimum absolute atomic E-state index is 0.528. The van der Waals surface area contributed by atoms with E-state index < -0.39 is 17.2 Å². The van der Waals surface area contributed by atoms with Gasteiger partial charge in [-0.25, -0.2) is 4.79 Å². The zero-order valence-electron chi connectivity index (χ0n) is 12.6. The summed E-state index contributed by atoms with van der Waals surface area (Å²) in [5, 5.41) is 2.64. The number of aldehydes is 1. The molecule has 4 heteroatoms. The molecule has 0 aliphatic carbocycles. The van der Waals surface area contributed by atoms with E-state index in [-0.39, 0.29) is 0 Å². The first-order valence-electron chi connectivity index (χ1n) is 6.75. The highest BCUT2D eigenvalue weighted by atomic mass is 16.6. The average molecular weight is 277 g/mol. The monoisotopic (exact) mass is 277 g/mol. The van der Waals surface area contributed by atoms with Crippen LogP contribution in [-0.2, 0) is 16.0 Å². The standard InChI is InChI=1S/C16H23NO3/c1-15(2,3)20-14(19)17-16(4,12-18)11-10-13-8-6-5-7-9-13/h5-9,12H,10-11H2,1-4H3,(H,17,19). The van der Waals surface area contributed by atoms with Crippen LogP contribution in [0, 0.1) is 0 Å². The summed E-state index contributed by atoms with van der Waals surface area (Å²) < 4.78 is 5.18. The second-order valence-electron chi connectivity index (χ2n) is 6.15. The second kappa shape index (κ2) is 6.55. The van der Waals surface area contributed by atoms with E-state index in [1.54, 1.807) is 27.7 Å². The number of hydrogen-bond acceptors (Lipinski definition) is 3. The van der Waals surface area contributed by atoms with Crippen LogP contribution in [0.5, 0.6) is 0 Å². The summed E-state index contributed by atoms with van der Waals surface area (Å²) in [5.74, 6) is 0. The van der Waals surface area contributed by atoms with Gasteiger partial charge in [0, 0.05) is 0 Å². The number of aryl methyl sites for hydroxylation is 1. The molecule has 1 rings (SSSR count). The Labute approximate surface area is 120 Å². The van der Waals surface area contributed by atoms with Crippen LogP contribution < -0.4 is 5.32 Å². The Morgan fingerprint density at radius 2 is 1.80 bits per heavy atom. The van der Waals surface area contributed by atoms with Crippen molar-refractivity contribution in [1.82, 2.24) is 5.32 Å². The van der Waals surface area contributed by atoms with E-state index in [1.807, 2.05) is 30.3 Å². The Balaban J connectivity index is 2.58. The third-order valence-corrected chi connectivity index (χ3v) is 2.82. The predicted octanol–water partition coefficient (Wildman–Crippen LogP) is 3.10. The smallest absolute Gasteiger partial charge is 0.408 e. The third-order valence-electron chi connectivity index (χ3n) is 2.82. The molecule has 0 spiro atoms. The molecule has 1 atom stereocenters. The van der Waals surface area contributed by atoms with Crippen molar-refractivity contribution in [2.45, 2.75) is 51.7 Å². The molecule has 0 heterocycles. The molecule has 0 aliphatic heterocycles. The van der Waals surface area contributed by atoms with Crippen molar-refractivity contribution in [2.75, 3.05) is 0 Å². The van der Waals surface area contributed by atoms with Gasteiger partial charge in [0.15, 0.2) is 0 Å². The number of rotatable bonds is 5. The summed E-state index contributed by atoms with van der Waals surface area (Å²) in [7, 11) is 0. The second-order valence-corrected chi connectivity index (χ2v) is 6.15. The average Bonchev–Trinajstić information content (AvgIpc) is 2.35. The third kappa shape index (κ3) is 5.87. The Kier molecular flexibility index (Phi) is 5.31. The SMILES string of the molecule is CC(C=O)(CCc1ccccc1)NC(=O)OC(C)(C)C. The largest absolute Gasteiger partial charge is 0.444 e. The van der Waals surface area contributed by atoms with E-state index in [4.69, 9.17) is 4.74 Å². The lowest BCUT2D eigenvalue weighted by atomic mass is 9.95. The quantitative estimate of drug-likeness (QED) is 0.841. The molecule has 0 radical (unpaired) electrons. The maximum atomic E-state index is 11.8. The highest BCUT2D eigenvalue weighted by Gasteiger charge is 2.28. The fourth-order valence-electron chi connectivity index (χ4n) is 1.74. The number of alkyl carbamates (subject to hydrolysis) is 1. The Morgan fingerprint density at radius 1 is 1.20 bits per heavy atom. The van der Waals surface area contributed by atoms with Crippen LogP contribution in [0.4, 0.5) is 4.79 Å². The van der Waals surface area contributed by atoms with E-state index >= 15 is 0 Å². The van der Waals surface area contributed by atoms with Gasteiger partial charge in [0.1, 0.15) is 11.9 Å². The van der Waals surface area contributed by atoms with E-state index in [1.165, 1.54) is 0 Å². The van der Waals surface area contributed by atoms with Crippen molar-refractivity contribution < 1.29 is 14.3 Å². The summed E-state index contributed by atoms with van der Waals surface area (Å²) in [6, 6.07) is 9.85. The molecule has 0 saturated heterocycles. The molecule has 0 aromatic heterocycles. The fourth-order valence-corrected chi connectivity index (χ4v) is 1.74. The van der Waals surface area contributed by atoms with Gasteiger partial charge in [0.2, 0.25) is 0 Å². The number of benzene rings is 1. The Morgan fingerprint density at radius 3 is 2.30 bits per heavy atom. The summed E-state index contributed by atoms with van der Waals surface area (Å²) in [6.45, 7) is 7.06. The fraction of sp³-hybridized carbons (Fsp3) is 0.500. The van der Waals surface area contributed by atoms with E-state index in [0.29, 0.717) is 12.8 Å². The highest BCUT2D eigenvalue weighted by molar-refractivity contribution is 5.76. The number of nitrogens with one attached hydrogen (secondary N) is 1. The predicted molar refractivity (Wildman–Crippen MR) is 78.6 cm³/mol. The minimum Gasteiger partial charge on any atom is -0.444 e. The van der Waals surface area contributed by atoms with Gasteiger partial charge in [-0.2, -0.15) is 0 Å². The van der Waals surface area contributed by atoms with E-state index in [9.17, 15) is 9.59 Å². The molecular weight excluding hydrogens is 254 g/mol. The van der Waals surface area contributed by atoms with Gasteiger partial charge in [0.25, 0.3) is 0 Å². The van der Waals surface area contributed by atoms with Gasteiger partial charge in [0.05, 0.1) is 5.54 Å². The summed E-state index contributed by atoms with van der Waals surface area (Å²) in [6.07, 6.45) is 1.44. The van der Waals surface area contributed by atoms with Gasteiger partial charge < -0.3 is 14.8 Å². The summed E-state index contributed by atoms with van der Waals surface area (Å²) >= 11 is 0. The minimum atomic E-state index is -0.918. The molecule has 0 saturated carbocycles. The van der Waals surface area contributed by atoms with E-state index in [2.05, 4.69) is 5.32 Å². The maximum Gasteiger partial charge on any atom is 0.408 e. The molecule has 1 aromatic carbocycles. The molecule has 0 fully saturated rings. The van der Waals surface area contributed by atoms with Crippen LogP contribution in [-0.4, -0.2) is 23.5 Å². The number of carbonyl (C=O) groups excluding carboxylic acids is 2. The number of ether oxygens (including phenoxy) is 1. The molecular formula is C16H23NO3. The van der Waals surface area contributed by atoms with Crippen molar-refractivity contribution in [3.63, 3.8) is 0 Å². The lowest BCUT2D eigenvalue weighted by Gasteiger charge is -2.27. The van der Waals surface area contributed by atoms with Crippen LogP contribution in [0.2, 0.25) is 0 Å². The molecule has 20 heavy (non-hydrogen) atoms. The van der Waals surface area contributed by atoms with Crippen molar-refractivity contribution in [3.8, 4) is 0 Å². The topological polar surface area (TPSA) is 55.4 Å². The first kappa shape index (κ1) is 16.2. The molecule has 4 nitrogen and oxygen atoms in total. The van der Waals surface area contributed by atoms with Crippen molar-refractivity contribution in [3.05, 3.63) is 35.9 Å². The zero-order valence-corrected chi connectivity index (χ0v) is 12.6. The number of amides is 1. The molecule has 1 aromatic rings.